The van der Waals surface area contributed by atoms with Gasteiger partial charge >= 0.3 is 6.03 Å². The van der Waals surface area contributed by atoms with Crippen LogP contribution in [0.5, 0.6) is 0 Å². The smallest absolute Gasteiger partial charge is 0.321 e. The molecule has 1 saturated carbocycles. The molecule has 3 aliphatic rings. The molecule has 0 unspecified atom stereocenters. The second kappa shape index (κ2) is 8.59. The van der Waals surface area contributed by atoms with Crippen LogP contribution in [0.1, 0.15) is 52.4 Å². The molecule has 0 radical (unpaired) electrons. The second-order valence-electron chi connectivity index (χ2n) is 8.68. The van der Waals surface area contributed by atoms with Gasteiger partial charge in [0.1, 0.15) is 6.04 Å². The third-order valence-corrected chi connectivity index (χ3v) is 6.14. The molecule has 6 nitrogen and oxygen atoms in total. The van der Waals surface area contributed by atoms with Crippen LogP contribution in [0, 0.1) is 11.8 Å². The van der Waals surface area contributed by atoms with E-state index in [1.54, 1.807) is 7.11 Å². The summed E-state index contributed by atoms with van der Waals surface area (Å²) in [5, 5.41) is 0. The van der Waals surface area contributed by atoms with Crippen molar-refractivity contribution in [3.8, 4) is 0 Å². The minimum atomic E-state index is -0.311. The van der Waals surface area contributed by atoms with Crippen molar-refractivity contribution < 1.29 is 14.3 Å². The number of methoxy groups -OCH3 is 1. The van der Waals surface area contributed by atoms with Gasteiger partial charge in [-0.3, -0.25) is 4.79 Å². The number of piperazine rings is 1. The zero-order valence-corrected chi connectivity index (χ0v) is 16.7. The van der Waals surface area contributed by atoms with Crippen molar-refractivity contribution >= 4 is 11.9 Å². The van der Waals surface area contributed by atoms with Crippen molar-refractivity contribution in [2.24, 2.45) is 11.8 Å². The largest absolute Gasteiger partial charge is 0.383 e. The van der Waals surface area contributed by atoms with E-state index in [9.17, 15) is 9.59 Å². The maximum Gasteiger partial charge on any atom is 0.321 e. The van der Waals surface area contributed by atoms with Crippen LogP contribution in [0.2, 0.25) is 0 Å². The van der Waals surface area contributed by atoms with Crippen molar-refractivity contribution in [3.05, 3.63) is 0 Å². The molecule has 148 valence electrons. The van der Waals surface area contributed by atoms with E-state index >= 15 is 0 Å². The molecule has 2 atom stereocenters. The molecule has 26 heavy (non-hydrogen) atoms. The molecule has 0 aromatic heterocycles. The van der Waals surface area contributed by atoms with E-state index in [-0.39, 0.29) is 24.0 Å². The molecule has 6 heteroatoms. The van der Waals surface area contributed by atoms with E-state index in [0.717, 1.165) is 19.5 Å². The molecule has 0 aromatic rings. The number of rotatable bonds is 7. The number of fused-ring (bicyclic) bond motifs is 1. The highest BCUT2D eigenvalue weighted by atomic mass is 16.5. The van der Waals surface area contributed by atoms with Crippen LogP contribution in [0.3, 0.4) is 0 Å². The minimum absolute atomic E-state index is 0.0889. The molecule has 0 spiro atoms. The molecule has 2 aliphatic heterocycles. The fourth-order valence-electron chi connectivity index (χ4n) is 4.85. The molecule has 2 saturated heterocycles. The molecule has 0 N–H and O–H groups in total. The van der Waals surface area contributed by atoms with E-state index < -0.39 is 0 Å². The summed E-state index contributed by atoms with van der Waals surface area (Å²) in [4.78, 5) is 32.0. The van der Waals surface area contributed by atoms with Crippen LogP contribution in [0.4, 0.5) is 4.79 Å². The van der Waals surface area contributed by atoms with Crippen LogP contribution in [0.15, 0.2) is 0 Å². The van der Waals surface area contributed by atoms with Gasteiger partial charge in [0.2, 0.25) is 5.91 Å². The van der Waals surface area contributed by atoms with Gasteiger partial charge in [0, 0.05) is 33.3 Å². The van der Waals surface area contributed by atoms with Crippen molar-refractivity contribution in [1.82, 2.24) is 14.7 Å². The minimum Gasteiger partial charge on any atom is -0.383 e. The average Bonchev–Trinajstić information content (AvgIpc) is 2.92. The maximum atomic E-state index is 13.1. The number of carbonyl (C=O) groups is 2. The maximum absolute atomic E-state index is 13.1. The number of hydrogen-bond acceptors (Lipinski definition) is 3. The summed E-state index contributed by atoms with van der Waals surface area (Å²) < 4.78 is 5.18. The Hall–Kier alpha value is -1.30. The Labute approximate surface area is 157 Å². The van der Waals surface area contributed by atoms with Crippen LogP contribution in [-0.2, 0) is 9.53 Å². The van der Waals surface area contributed by atoms with Crippen LogP contribution in [-0.4, -0.2) is 78.6 Å². The molecular weight excluding hydrogens is 330 g/mol. The van der Waals surface area contributed by atoms with E-state index in [0.29, 0.717) is 31.5 Å². The highest BCUT2D eigenvalue weighted by Crippen LogP contribution is 2.31. The average molecular weight is 366 g/mol. The summed E-state index contributed by atoms with van der Waals surface area (Å²) >= 11 is 0. The highest BCUT2D eigenvalue weighted by Gasteiger charge is 2.49. The van der Waals surface area contributed by atoms with Crippen molar-refractivity contribution in [1.29, 1.82) is 0 Å². The summed E-state index contributed by atoms with van der Waals surface area (Å²) in [7, 11) is 1.66. The second-order valence-corrected chi connectivity index (χ2v) is 8.68. The fraction of sp³-hybridized carbons (Fsp3) is 0.900. The first kappa shape index (κ1) is 19.5. The Morgan fingerprint density at radius 1 is 1.08 bits per heavy atom. The monoisotopic (exact) mass is 365 g/mol. The number of ether oxygens (including phenoxy) is 1. The van der Waals surface area contributed by atoms with Crippen LogP contribution >= 0.6 is 0 Å². The number of nitrogens with zero attached hydrogens (tertiary/aromatic N) is 3. The molecular formula is C20H35N3O3. The first-order chi connectivity index (χ1) is 12.5. The zero-order valence-electron chi connectivity index (χ0n) is 16.7. The van der Waals surface area contributed by atoms with Crippen LogP contribution in [0.25, 0.3) is 0 Å². The number of urea groups is 1. The Morgan fingerprint density at radius 2 is 1.77 bits per heavy atom. The van der Waals surface area contributed by atoms with Crippen molar-refractivity contribution in [2.75, 3.05) is 39.9 Å². The predicted molar refractivity (Wildman–Crippen MR) is 101 cm³/mol. The molecule has 3 rings (SSSR count). The van der Waals surface area contributed by atoms with Gasteiger partial charge in [0.15, 0.2) is 0 Å². The quantitative estimate of drug-likeness (QED) is 0.697. The van der Waals surface area contributed by atoms with Gasteiger partial charge in [-0.1, -0.05) is 33.1 Å². The Bertz CT molecular complexity index is 505. The van der Waals surface area contributed by atoms with Gasteiger partial charge in [-0.2, -0.15) is 0 Å². The summed E-state index contributed by atoms with van der Waals surface area (Å²) in [5.74, 6) is 1.12. The van der Waals surface area contributed by atoms with Gasteiger partial charge in [0.05, 0.1) is 12.6 Å². The summed E-state index contributed by atoms with van der Waals surface area (Å²) in [6.45, 7) is 7.68. The lowest BCUT2D eigenvalue weighted by molar-refractivity contribution is -0.143. The molecule has 3 fully saturated rings. The molecule has 1 aliphatic carbocycles. The third kappa shape index (κ3) is 4.16. The van der Waals surface area contributed by atoms with Gasteiger partial charge in [-0.25, -0.2) is 4.79 Å². The first-order valence-electron chi connectivity index (χ1n) is 10.4. The van der Waals surface area contributed by atoms with E-state index in [1.165, 1.54) is 32.1 Å². The van der Waals surface area contributed by atoms with E-state index in [2.05, 4.69) is 13.8 Å². The van der Waals surface area contributed by atoms with Crippen molar-refractivity contribution in [3.63, 3.8) is 0 Å². The SMILES string of the molecule is COCCN1C[C@H]2CN(CC3CCCCC3)C(=O)N2[C@@H](CC(C)C)C1=O. The number of hydrogen-bond donors (Lipinski definition) is 0. The van der Waals surface area contributed by atoms with E-state index in [1.807, 2.05) is 14.7 Å². The summed E-state index contributed by atoms with van der Waals surface area (Å²) in [6, 6.07) is -0.0928. The molecule has 0 aromatic carbocycles. The van der Waals surface area contributed by atoms with Gasteiger partial charge in [-0.05, 0) is 31.1 Å². The Balaban J connectivity index is 1.72. The zero-order chi connectivity index (χ0) is 18.7. The first-order valence-corrected chi connectivity index (χ1v) is 10.4. The lowest BCUT2D eigenvalue weighted by Crippen LogP contribution is -2.61. The standard InChI is InChI=1S/C20H35N3O3/c1-15(2)11-18-19(24)21(9-10-26-3)13-17-14-22(20(25)23(17)18)12-16-7-5-4-6-8-16/h15-18H,4-14H2,1-3H3/t17-,18-/m0/s1. The molecule has 3 amide bonds. The number of carbonyl (C=O) groups excluding carboxylic acids is 2. The molecule has 0 bridgehead atoms. The number of amides is 3. The predicted octanol–water partition coefficient (Wildman–Crippen LogP) is 2.58. The topological polar surface area (TPSA) is 53.1 Å². The van der Waals surface area contributed by atoms with Gasteiger partial charge < -0.3 is 19.4 Å². The third-order valence-electron chi connectivity index (χ3n) is 6.14. The van der Waals surface area contributed by atoms with Gasteiger partial charge in [0.25, 0.3) is 0 Å². The summed E-state index contributed by atoms with van der Waals surface area (Å²) in [5.41, 5.74) is 0. The lowest BCUT2D eigenvalue weighted by Gasteiger charge is -2.42. The van der Waals surface area contributed by atoms with E-state index in [4.69, 9.17) is 4.74 Å². The highest BCUT2D eigenvalue weighted by molar-refractivity contribution is 5.90. The normalized spacial score (nSPS) is 27.6. The Kier molecular flexibility index (Phi) is 6.43. The molecule has 2 heterocycles. The fourth-order valence-corrected chi connectivity index (χ4v) is 4.85. The van der Waals surface area contributed by atoms with Crippen LogP contribution < -0.4 is 0 Å². The summed E-state index contributed by atoms with van der Waals surface area (Å²) in [6.07, 6.45) is 7.13. The van der Waals surface area contributed by atoms with Gasteiger partial charge in [-0.15, -0.1) is 0 Å². The van der Waals surface area contributed by atoms with Crippen molar-refractivity contribution in [2.45, 2.75) is 64.5 Å². The Morgan fingerprint density at radius 3 is 2.42 bits per heavy atom. The lowest BCUT2D eigenvalue weighted by atomic mass is 9.89.